The van der Waals surface area contributed by atoms with E-state index in [0.29, 0.717) is 16.0 Å². The summed E-state index contributed by atoms with van der Waals surface area (Å²) >= 11 is 3.31. The summed E-state index contributed by atoms with van der Waals surface area (Å²) in [6, 6.07) is 4.45. The number of hydrogen-bond acceptors (Lipinski definition) is 3. The maximum Gasteiger partial charge on any atom is 0.252 e. The maximum absolute atomic E-state index is 12.4. The van der Waals surface area contributed by atoms with Crippen molar-refractivity contribution in [2.75, 3.05) is 7.05 Å². The Kier molecular flexibility index (Phi) is 7.70. The van der Waals surface area contributed by atoms with Gasteiger partial charge in [0.05, 0.1) is 10.5 Å². The van der Waals surface area contributed by atoms with Crippen molar-refractivity contribution in [3.05, 3.63) is 28.2 Å². The smallest absolute Gasteiger partial charge is 0.252 e. The van der Waals surface area contributed by atoms with Crippen molar-refractivity contribution in [3.63, 3.8) is 0 Å². The van der Waals surface area contributed by atoms with Gasteiger partial charge in [0.25, 0.3) is 5.91 Å². The molecule has 130 valence electrons. The van der Waals surface area contributed by atoms with Crippen molar-refractivity contribution in [3.8, 4) is 0 Å². The van der Waals surface area contributed by atoms with E-state index in [2.05, 4.69) is 39.8 Å². The van der Waals surface area contributed by atoms with E-state index < -0.39 is 10.0 Å². The Morgan fingerprint density at radius 3 is 2.43 bits per heavy atom. The second-order valence-corrected chi connectivity index (χ2v) is 8.79. The second-order valence-electron chi connectivity index (χ2n) is 6.05. The average molecular weight is 405 g/mol. The molecule has 0 fully saturated rings. The molecule has 2 N–H and O–H groups in total. The molecule has 0 saturated heterocycles. The number of amides is 1. The van der Waals surface area contributed by atoms with E-state index in [9.17, 15) is 13.2 Å². The fraction of sp³-hybridized carbons (Fsp3) is 0.562. The highest BCUT2D eigenvalue weighted by Gasteiger charge is 2.18. The van der Waals surface area contributed by atoms with Crippen LogP contribution >= 0.6 is 15.9 Å². The maximum atomic E-state index is 12.4. The molecule has 1 amide bonds. The zero-order chi connectivity index (χ0) is 17.6. The predicted octanol–water partition coefficient (Wildman–Crippen LogP) is 3.30. The quantitative estimate of drug-likeness (QED) is 0.697. The SMILES string of the molecule is CNS(=O)(=O)c1ccc(Br)c(C(=O)N[C@H](C)CCCC(C)C)c1. The Morgan fingerprint density at radius 1 is 1.22 bits per heavy atom. The first kappa shape index (κ1) is 20.1. The third-order valence-corrected chi connectivity index (χ3v) is 5.66. The lowest BCUT2D eigenvalue weighted by atomic mass is 10.0. The van der Waals surface area contributed by atoms with E-state index in [0.717, 1.165) is 19.3 Å². The van der Waals surface area contributed by atoms with E-state index in [4.69, 9.17) is 0 Å². The lowest BCUT2D eigenvalue weighted by Gasteiger charge is -2.15. The topological polar surface area (TPSA) is 75.3 Å². The normalized spacial score (nSPS) is 13.1. The van der Waals surface area contributed by atoms with Crippen molar-refractivity contribution in [1.82, 2.24) is 10.0 Å². The van der Waals surface area contributed by atoms with Crippen LogP contribution in [0.5, 0.6) is 0 Å². The van der Waals surface area contributed by atoms with Gasteiger partial charge in [-0.05, 0) is 60.4 Å². The van der Waals surface area contributed by atoms with Crippen molar-refractivity contribution >= 4 is 31.9 Å². The van der Waals surface area contributed by atoms with Crippen molar-refractivity contribution < 1.29 is 13.2 Å². The van der Waals surface area contributed by atoms with Crippen LogP contribution in [0.15, 0.2) is 27.6 Å². The minimum absolute atomic E-state index is 0.0395. The molecule has 1 aromatic rings. The van der Waals surface area contributed by atoms with Gasteiger partial charge in [-0.3, -0.25) is 4.79 Å². The Morgan fingerprint density at radius 2 is 1.87 bits per heavy atom. The Hall–Kier alpha value is -0.920. The molecule has 1 atom stereocenters. The summed E-state index contributed by atoms with van der Waals surface area (Å²) in [6.07, 6.45) is 3.07. The first-order valence-corrected chi connectivity index (χ1v) is 9.99. The second kappa shape index (κ2) is 8.80. The fourth-order valence-corrected chi connectivity index (χ4v) is 3.35. The molecule has 5 nitrogen and oxygen atoms in total. The molecular weight excluding hydrogens is 380 g/mol. The van der Waals surface area contributed by atoms with Gasteiger partial charge in [0.15, 0.2) is 0 Å². The van der Waals surface area contributed by atoms with Crippen LogP contribution in [0.2, 0.25) is 0 Å². The lowest BCUT2D eigenvalue weighted by molar-refractivity contribution is 0.0937. The van der Waals surface area contributed by atoms with Gasteiger partial charge in [0, 0.05) is 10.5 Å². The van der Waals surface area contributed by atoms with E-state index in [1.54, 1.807) is 6.07 Å². The number of nitrogens with one attached hydrogen (secondary N) is 2. The first-order chi connectivity index (χ1) is 10.7. The van der Waals surface area contributed by atoms with Crippen molar-refractivity contribution in [2.45, 2.75) is 51.0 Å². The third kappa shape index (κ3) is 6.24. The Labute approximate surface area is 147 Å². The molecule has 0 aliphatic heterocycles. The minimum atomic E-state index is -3.57. The molecule has 0 spiro atoms. The zero-order valence-electron chi connectivity index (χ0n) is 14.0. The molecule has 0 aliphatic rings. The Balaban J connectivity index is 2.81. The van der Waals surface area contributed by atoms with E-state index in [1.807, 2.05) is 6.92 Å². The van der Waals surface area contributed by atoms with Crippen LogP contribution in [0.3, 0.4) is 0 Å². The number of carbonyl (C=O) groups is 1. The van der Waals surface area contributed by atoms with Crippen molar-refractivity contribution in [1.29, 1.82) is 0 Å². The summed E-state index contributed by atoms with van der Waals surface area (Å²) < 4.78 is 26.5. The number of benzene rings is 1. The highest BCUT2D eigenvalue weighted by molar-refractivity contribution is 9.10. The van der Waals surface area contributed by atoms with Crippen LogP contribution in [-0.2, 0) is 10.0 Å². The molecule has 0 bridgehead atoms. The van der Waals surface area contributed by atoms with Crippen LogP contribution < -0.4 is 10.0 Å². The minimum Gasteiger partial charge on any atom is -0.350 e. The molecule has 0 aliphatic carbocycles. The van der Waals surface area contributed by atoms with Gasteiger partial charge < -0.3 is 5.32 Å². The van der Waals surface area contributed by atoms with Crippen LogP contribution in [-0.4, -0.2) is 27.4 Å². The fourth-order valence-electron chi connectivity index (χ4n) is 2.17. The largest absolute Gasteiger partial charge is 0.350 e. The number of carbonyl (C=O) groups excluding carboxylic acids is 1. The Bertz CT molecular complexity index is 645. The number of halogens is 1. The van der Waals surface area contributed by atoms with E-state index in [-0.39, 0.29) is 16.8 Å². The molecule has 0 heterocycles. The average Bonchev–Trinajstić information content (AvgIpc) is 2.46. The lowest BCUT2D eigenvalue weighted by Crippen LogP contribution is -2.33. The van der Waals surface area contributed by atoms with Gasteiger partial charge in [0.1, 0.15) is 0 Å². The van der Waals surface area contributed by atoms with Gasteiger partial charge in [-0.25, -0.2) is 13.1 Å². The first-order valence-electron chi connectivity index (χ1n) is 7.71. The summed E-state index contributed by atoms with van der Waals surface area (Å²) in [5, 5.41) is 2.92. The highest BCUT2D eigenvalue weighted by Crippen LogP contribution is 2.21. The summed E-state index contributed by atoms with van der Waals surface area (Å²) in [6.45, 7) is 6.31. The predicted molar refractivity (Wildman–Crippen MR) is 96.0 cm³/mol. The van der Waals surface area contributed by atoms with Gasteiger partial charge in [0.2, 0.25) is 10.0 Å². The summed E-state index contributed by atoms with van der Waals surface area (Å²) in [7, 11) is -2.23. The monoisotopic (exact) mass is 404 g/mol. The van der Waals surface area contributed by atoms with E-state index >= 15 is 0 Å². The van der Waals surface area contributed by atoms with E-state index in [1.165, 1.54) is 19.2 Å². The molecule has 0 saturated carbocycles. The van der Waals surface area contributed by atoms with Gasteiger partial charge in [-0.2, -0.15) is 0 Å². The number of hydrogen-bond donors (Lipinski definition) is 2. The standard InChI is InChI=1S/C16H25BrN2O3S/c1-11(2)6-5-7-12(3)19-16(20)14-10-13(8-9-15(14)17)23(21,22)18-4/h8-12,18H,5-7H2,1-4H3,(H,19,20)/t12-/m1/s1. The molecule has 1 rings (SSSR count). The molecule has 23 heavy (non-hydrogen) atoms. The summed E-state index contributed by atoms with van der Waals surface area (Å²) in [4.78, 5) is 12.5. The summed E-state index contributed by atoms with van der Waals surface area (Å²) in [5.41, 5.74) is 0.317. The van der Waals surface area contributed by atoms with Gasteiger partial charge >= 0.3 is 0 Å². The summed E-state index contributed by atoms with van der Waals surface area (Å²) in [5.74, 6) is 0.373. The van der Waals surface area contributed by atoms with Crippen LogP contribution in [0.1, 0.15) is 50.4 Å². The van der Waals surface area contributed by atoms with Crippen LogP contribution in [0.25, 0.3) is 0 Å². The molecule has 0 aromatic heterocycles. The molecule has 7 heteroatoms. The number of sulfonamides is 1. The van der Waals surface area contributed by atoms with Crippen LogP contribution in [0, 0.1) is 5.92 Å². The number of rotatable bonds is 8. The molecule has 1 aromatic carbocycles. The third-order valence-electron chi connectivity index (χ3n) is 3.56. The van der Waals surface area contributed by atoms with Crippen LogP contribution in [0.4, 0.5) is 0 Å². The molecule has 0 unspecified atom stereocenters. The van der Waals surface area contributed by atoms with Gasteiger partial charge in [-0.15, -0.1) is 0 Å². The van der Waals surface area contributed by atoms with Crippen molar-refractivity contribution in [2.24, 2.45) is 5.92 Å². The zero-order valence-corrected chi connectivity index (χ0v) is 16.4. The highest BCUT2D eigenvalue weighted by atomic mass is 79.9. The van der Waals surface area contributed by atoms with Gasteiger partial charge in [-0.1, -0.05) is 26.7 Å². The molecular formula is C16H25BrN2O3S. The molecule has 0 radical (unpaired) electrons.